The quantitative estimate of drug-likeness (QED) is 0.841. The summed E-state index contributed by atoms with van der Waals surface area (Å²) < 4.78 is 10.9. The standard InChI is InChI=1S/C14H22N2O2/c1-15-14(6-5-12-4-3-7-18-12)11-8-13(17-2)10-16-9-11/h8-10,12,14-15H,3-7H2,1-2H3. The Hall–Kier alpha value is -1.13. The van der Waals surface area contributed by atoms with E-state index >= 15 is 0 Å². The van der Waals surface area contributed by atoms with Crippen molar-refractivity contribution in [3.8, 4) is 5.75 Å². The second-order valence-electron chi connectivity index (χ2n) is 4.71. The van der Waals surface area contributed by atoms with E-state index in [1.165, 1.54) is 18.4 Å². The molecule has 0 amide bonds. The molecule has 1 aliphatic rings. The summed E-state index contributed by atoms with van der Waals surface area (Å²) in [4.78, 5) is 4.21. The molecule has 18 heavy (non-hydrogen) atoms. The lowest BCUT2D eigenvalue weighted by Crippen LogP contribution is -2.19. The van der Waals surface area contributed by atoms with E-state index in [2.05, 4.69) is 10.3 Å². The minimum atomic E-state index is 0.316. The molecule has 4 nitrogen and oxygen atoms in total. The Labute approximate surface area is 109 Å². The van der Waals surface area contributed by atoms with Gasteiger partial charge in [0.25, 0.3) is 0 Å². The third-order valence-electron chi connectivity index (χ3n) is 3.52. The number of ether oxygens (including phenoxy) is 2. The van der Waals surface area contributed by atoms with Crippen molar-refractivity contribution in [3.63, 3.8) is 0 Å². The summed E-state index contributed by atoms with van der Waals surface area (Å²) in [5.41, 5.74) is 1.18. The van der Waals surface area contributed by atoms with Crippen LogP contribution in [0.5, 0.6) is 5.75 Å². The molecule has 0 saturated carbocycles. The van der Waals surface area contributed by atoms with E-state index in [1.54, 1.807) is 13.3 Å². The van der Waals surface area contributed by atoms with Gasteiger partial charge in [-0.1, -0.05) is 0 Å². The van der Waals surface area contributed by atoms with Gasteiger partial charge in [0.05, 0.1) is 19.4 Å². The largest absolute Gasteiger partial charge is 0.495 e. The van der Waals surface area contributed by atoms with E-state index in [-0.39, 0.29) is 0 Å². The summed E-state index contributed by atoms with van der Waals surface area (Å²) in [5, 5.41) is 3.34. The Balaban J connectivity index is 1.93. The fourth-order valence-electron chi connectivity index (χ4n) is 2.44. The zero-order chi connectivity index (χ0) is 12.8. The van der Waals surface area contributed by atoms with Gasteiger partial charge in [-0.2, -0.15) is 0 Å². The molecule has 4 heteroatoms. The van der Waals surface area contributed by atoms with Crippen LogP contribution in [0.25, 0.3) is 0 Å². The van der Waals surface area contributed by atoms with Crippen LogP contribution in [-0.2, 0) is 4.74 Å². The maximum absolute atomic E-state index is 5.66. The zero-order valence-electron chi connectivity index (χ0n) is 11.2. The predicted octanol–water partition coefficient (Wildman–Crippen LogP) is 2.31. The van der Waals surface area contributed by atoms with Crippen molar-refractivity contribution >= 4 is 0 Å². The molecular formula is C14H22N2O2. The molecule has 1 saturated heterocycles. The average molecular weight is 250 g/mol. The van der Waals surface area contributed by atoms with Crippen molar-refractivity contribution in [2.45, 2.75) is 37.8 Å². The van der Waals surface area contributed by atoms with Crippen molar-refractivity contribution in [1.29, 1.82) is 0 Å². The highest BCUT2D eigenvalue weighted by Gasteiger charge is 2.18. The molecule has 1 N–H and O–H groups in total. The molecule has 1 aliphatic heterocycles. The van der Waals surface area contributed by atoms with Gasteiger partial charge in [-0.25, -0.2) is 0 Å². The molecule has 2 rings (SSSR count). The van der Waals surface area contributed by atoms with Crippen LogP contribution in [-0.4, -0.2) is 31.9 Å². The summed E-state index contributed by atoms with van der Waals surface area (Å²) in [6, 6.07) is 2.36. The Morgan fingerprint density at radius 1 is 1.56 bits per heavy atom. The second-order valence-corrected chi connectivity index (χ2v) is 4.71. The number of hydrogen-bond donors (Lipinski definition) is 1. The second kappa shape index (κ2) is 6.71. The van der Waals surface area contributed by atoms with Crippen LogP contribution in [0.15, 0.2) is 18.5 Å². The van der Waals surface area contributed by atoms with Gasteiger partial charge in [0.15, 0.2) is 0 Å². The van der Waals surface area contributed by atoms with Crippen molar-refractivity contribution in [2.24, 2.45) is 0 Å². The molecule has 0 radical (unpaired) electrons. The highest BCUT2D eigenvalue weighted by molar-refractivity contribution is 5.25. The van der Waals surface area contributed by atoms with Crippen LogP contribution >= 0.6 is 0 Å². The van der Waals surface area contributed by atoms with E-state index in [9.17, 15) is 0 Å². The summed E-state index contributed by atoms with van der Waals surface area (Å²) >= 11 is 0. The molecule has 2 unspecified atom stereocenters. The predicted molar refractivity (Wildman–Crippen MR) is 70.8 cm³/mol. The topological polar surface area (TPSA) is 43.4 Å². The third kappa shape index (κ3) is 3.43. The number of methoxy groups -OCH3 is 1. The summed E-state index contributed by atoms with van der Waals surface area (Å²) in [6.07, 6.45) is 8.65. The van der Waals surface area contributed by atoms with Gasteiger partial charge in [0.2, 0.25) is 0 Å². The van der Waals surface area contributed by atoms with Gasteiger partial charge < -0.3 is 14.8 Å². The maximum Gasteiger partial charge on any atom is 0.137 e. The Kier molecular flexibility index (Phi) is 4.96. The first-order valence-corrected chi connectivity index (χ1v) is 6.61. The molecule has 1 aromatic heterocycles. The number of hydrogen-bond acceptors (Lipinski definition) is 4. The molecule has 1 aromatic rings. The fraction of sp³-hybridized carbons (Fsp3) is 0.643. The lowest BCUT2D eigenvalue weighted by molar-refractivity contribution is 0.0998. The molecule has 0 aliphatic carbocycles. The molecule has 0 aromatic carbocycles. The lowest BCUT2D eigenvalue weighted by atomic mass is 10.0. The molecule has 2 atom stereocenters. The van der Waals surface area contributed by atoms with Crippen molar-refractivity contribution < 1.29 is 9.47 Å². The van der Waals surface area contributed by atoms with Gasteiger partial charge in [0.1, 0.15) is 5.75 Å². The molecule has 1 fully saturated rings. The van der Waals surface area contributed by atoms with Crippen LogP contribution in [0, 0.1) is 0 Å². The van der Waals surface area contributed by atoms with Crippen LogP contribution in [0.4, 0.5) is 0 Å². The SMILES string of the molecule is CNC(CCC1CCCO1)c1cncc(OC)c1. The van der Waals surface area contributed by atoms with E-state index in [1.807, 2.05) is 19.3 Å². The zero-order valence-corrected chi connectivity index (χ0v) is 11.2. The van der Waals surface area contributed by atoms with Gasteiger partial charge >= 0.3 is 0 Å². The first kappa shape index (κ1) is 13.3. The normalized spacial score (nSPS) is 20.9. The van der Waals surface area contributed by atoms with E-state index in [0.717, 1.165) is 25.2 Å². The van der Waals surface area contributed by atoms with Crippen LogP contribution in [0.3, 0.4) is 0 Å². The first-order valence-electron chi connectivity index (χ1n) is 6.61. The molecule has 2 heterocycles. The monoisotopic (exact) mass is 250 g/mol. The minimum absolute atomic E-state index is 0.316. The highest BCUT2D eigenvalue weighted by Crippen LogP contribution is 2.25. The van der Waals surface area contributed by atoms with Crippen molar-refractivity contribution in [3.05, 3.63) is 24.0 Å². The average Bonchev–Trinajstić information content (AvgIpc) is 2.93. The van der Waals surface area contributed by atoms with E-state index in [0.29, 0.717) is 12.1 Å². The molecule has 0 bridgehead atoms. The maximum atomic E-state index is 5.66. The summed E-state index contributed by atoms with van der Waals surface area (Å²) in [6.45, 7) is 0.926. The summed E-state index contributed by atoms with van der Waals surface area (Å²) in [5.74, 6) is 0.810. The highest BCUT2D eigenvalue weighted by atomic mass is 16.5. The molecule has 0 spiro atoms. The number of pyridine rings is 1. The van der Waals surface area contributed by atoms with Gasteiger partial charge in [-0.15, -0.1) is 0 Å². The number of nitrogens with one attached hydrogen (secondary N) is 1. The van der Waals surface area contributed by atoms with E-state index < -0.39 is 0 Å². The molecular weight excluding hydrogens is 228 g/mol. The van der Waals surface area contributed by atoms with Crippen LogP contribution in [0.1, 0.15) is 37.3 Å². The lowest BCUT2D eigenvalue weighted by Gasteiger charge is -2.18. The fourth-order valence-corrected chi connectivity index (χ4v) is 2.44. The molecule has 100 valence electrons. The Bertz CT molecular complexity index is 365. The third-order valence-corrected chi connectivity index (χ3v) is 3.52. The smallest absolute Gasteiger partial charge is 0.137 e. The summed E-state index contributed by atoms with van der Waals surface area (Å²) in [7, 11) is 3.65. The first-order chi connectivity index (χ1) is 8.83. The minimum Gasteiger partial charge on any atom is -0.495 e. The number of aromatic nitrogens is 1. The Morgan fingerprint density at radius 2 is 2.44 bits per heavy atom. The van der Waals surface area contributed by atoms with E-state index in [4.69, 9.17) is 9.47 Å². The van der Waals surface area contributed by atoms with Gasteiger partial charge in [-0.3, -0.25) is 4.98 Å². The van der Waals surface area contributed by atoms with Crippen molar-refractivity contribution in [2.75, 3.05) is 20.8 Å². The van der Waals surface area contributed by atoms with Crippen LogP contribution < -0.4 is 10.1 Å². The number of rotatable bonds is 6. The van der Waals surface area contributed by atoms with Gasteiger partial charge in [0, 0.05) is 18.8 Å². The Morgan fingerprint density at radius 3 is 3.11 bits per heavy atom. The van der Waals surface area contributed by atoms with Crippen LogP contribution in [0.2, 0.25) is 0 Å². The van der Waals surface area contributed by atoms with Gasteiger partial charge in [-0.05, 0) is 44.4 Å². The van der Waals surface area contributed by atoms with Crippen molar-refractivity contribution in [1.82, 2.24) is 10.3 Å². The number of nitrogens with zero attached hydrogens (tertiary/aromatic N) is 1.